The predicted octanol–water partition coefficient (Wildman–Crippen LogP) is 4.45. The summed E-state index contributed by atoms with van der Waals surface area (Å²) in [5.74, 6) is 0.598. The molecule has 3 aromatic rings. The summed E-state index contributed by atoms with van der Waals surface area (Å²) in [7, 11) is 1.49. The van der Waals surface area contributed by atoms with Crippen LogP contribution in [0.1, 0.15) is 25.2 Å². The van der Waals surface area contributed by atoms with E-state index in [0.717, 1.165) is 4.47 Å². The van der Waals surface area contributed by atoms with Crippen LogP contribution in [-0.4, -0.2) is 41.7 Å². The number of methoxy groups -OCH3 is 1. The Morgan fingerprint density at radius 2 is 1.97 bits per heavy atom. The van der Waals surface area contributed by atoms with Crippen molar-refractivity contribution in [1.29, 1.82) is 0 Å². The van der Waals surface area contributed by atoms with Crippen molar-refractivity contribution in [3.8, 4) is 11.5 Å². The van der Waals surface area contributed by atoms with Gasteiger partial charge in [-0.15, -0.1) is 0 Å². The molecular weight excluding hydrogens is 546 g/mol. The quantitative estimate of drug-likeness (QED) is 0.310. The van der Waals surface area contributed by atoms with Gasteiger partial charge in [-0.05, 0) is 51.1 Å². The molecule has 0 atom stereocenters. The summed E-state index contributed by atoms with van der Waals surface area (Å²) >= 11 is 6.80. The van der Waals surface area contributed by atoms with Gasteiger partial charge in [0.2, 0.25) is 0 Å². The van der Waals surface area contributed by atoms with Crippen LogP contribution in [0.3, 0.4) is 0 Å². The number of nitrogens with zero attached hydrogens (tertiary/aromatic N) is 3. The molecule has 0 spiro atoms. The third-order valence-corrected chi connectivity index (χ3v) is 5.20. The van der Waals surface area contributed by atoms with Crippen molar-refractivity contribution in [2.24, 2.45) is 5.10 Å². The highest BCUT2D eigenvalue weighted by molar-refractivity contribution is 9.10. The SMILES string of the molecule is COc1cc(Br)cc(C=Nn2c(C)nc3ccc(Br)cc3c2=O)c1OCC(=O)OC(C)C. The minimum atomic E-state index is -0.510. The largest absolute Gasteiger partial charge is 0.493 e. The molecule has 0 aliphatic carbocycles. The molecule has 2 aromatic carbocycles. The Bertz CT molecular complexity index is 1250. The smallest absolute Gasteiger partial charge is 0.344 e. The molecule has 32 heavy (non-hydrogen) atoms. The number of carbonyl (C=O) groups is 1. The lowest BCUT2D eigenvalue weighted by molar-refractivity contribution is -0.149. The number of hydrogen-bond donors (Lipinski definition) is 0. The molecule has 8 nitrogen and oxygen atoms in total. The summed E-state index contributed by atoms with van der Waals surface area (Å²) in [5, 5.41) is 4.77. The van der Waals surface area contributed by atoms with Gasteiger partial charge in [-0.25, -0.2) is 9.78 Å². The van der Waals surface area contributed by atoms with Gasteiger partial charge in [-0.3, -0.25) is 4.79 Å². The van der Waals surface area contributed by atoms with E-state index in [2.05, 4.69) is 41.9 Å². The number of esters is 1. The van der Waals surface area contributed by atoms with Crippen LogP contribution in [0.25, 0.3) is 10.9 Å². The fourth-order valence-corrected chi connectivity index (χ4v) is 3.75. The molecule has 0 amide bonds. The number of aryl methyl sites for hydroxylation is 1. The summed E-state index contributed by atoms with van der Waals surface area (Å²) in [6.45, 7) is 4.90. The van der Waals surface area contributed by atoms with E-state index < -0.39 is 5.97 Å². The van der Waals surface area contributed by atoms with E-state index in [0.29, 0.717) is 38.3 Å². The van der Waals surface area contributed by atoms with E-state index >= 15 is 0 Å². The van der Waals surface area contributed by atoms with Crippen LogP contribution in [0.5, 0.6) is 11.5 Å². The first-order chi connectivity index (χ1) is 15.2. The van der Waals surface area contributed by atoms with Crippen molar-refractivity contribution in [2.75, 3.05) is 13.7 Å². The maximum Gasteiger partial charge on any atom is 0.344 e. The maximum absolute atomic E-state index is 13.0. The van der Waals surface area contributed by atoms with Crippen LogP contribution in [0.2, 0.25) is 0 Å². The number of rotatable bonds is 7. The summed E-state index contributed by atoms with van der Waals surface area (Å²) < 4.78 is 18.9. The second kappa shape index (κ2) is 10.3. The third-order valence-electron chi connectivity index (χ3n) is 4.25. The van der Waals surface area contributed by atoms with Gasteiger partial charge in [-0.1, -0.05) is 31.9 Å². The van der Waals surface area contributed by atoms with Gasteiger partial charge in [0.05, 0.1) is 30.3 Å². The first-order valence-corrected chi connectivity index (χ1v) is 11.2. The lowest BCUT2D eigenvalue weighted by Crippen LogP contribution is -2.21. The van der Waals surface area contributed by atoms with E-state index in [1.165, 1.54) is 18.0 Å². The van der Waals surface area contributed by atoms with Crippen LogP contribution >= 0.6 is 31.9 Å². The Hall–Kier alpha value is -2.72. The van der Waals surface area contributed by atoms with E-state index in [4.69, 9.17) is 14.2 Å². The first kappa shape index (κ1) is 23.9. The van der Waals surface area contributed by atoms with Crippen molar-refractivity contribution in [2.45, 2.75) is 26.9 Å². The summed E-state index contributed by atoms with van der Waals surface area (Å²) in [6, 6.07) is 8.73. The van der Waals surface area contributed by atoms with Gasteiger partial charge >= 0.3 is 5.97 Å². The highest BCUT2D eigenvalue weighted by Crippen LogP contribution is 2.34. The van der Waals surface area contributed by atoms with Gasteiger partial charge in [0, 0.05) is 14.5 Å². The summed E-state index contributed by atoms with van der Waals surface area (Å²) in [4.78, 5) is 29.4. The molecule has 0 saturated carbocycles. The zero-order chi connectivity index (χ0) is 23.4. The molecule has 0 aliphatic heterocycles. The first-order valence-electron chi connectivity index (χ1n) is 9.62. The van der Waals surface area contributed by atoms with Crippen molar-refractivity contribution in [1.82, 2.24) is 9.66 Å². The Kier molecular flexibility index (Phi) is 7.68. The van der Waals surface area contributed by atoms with Gasteiger partial charge < -0.3 is 14.2 Å². The van der Waals surface area contributed by atoms with Gasteiger partial charge in [0.15, 0.2) is 18.1 Å². The van der Waals surface area contributed by atoms with Crippen molar-refractivity contribution in [3.63, 3.8) is 0 Å². The molecule has 10 heteroatoms. The third kappa shape index (κ3) is 5.55. The Morgan fingerprint density at radius 1 is 1.22 bits per heavy atom. The molecule has 0 saturated heterocycles. The molecular formula is C22H21Br2N3O5. The molecule has 0 aliphatic rings. The topological polar surface area (TPSA) is 92.0 Å². The second-order valence-electron chi connectivity index (χ2n) is 7.04. The highest BCUT2D eigenvalue weighted by atomic mass is 79.9. The number of benzene rings is 2. The summed E-state index contributed by atoms with van der Waals surface area (Å²) in [5.41, 5.74) is 0.767. The molecule has 3 rings (SSSR count). The van der Waals surface area contributed by atoms with Crippen LogP contribution in [0.15, 0.2) is 49.2 Å². The lowest BCUT2D eigenvalue weighted by atomic mass is 10.2. The number of hydrogen-bond acceptors (Lipinski definition) is 7. The fraction of sp³-hybridized carbons (Fsp3) is 0.273. The Morgan fingerprint density at radius 3 is 2.66 bits per heavy atom. The van der Waals surface area contributed by atoms with E-state index in [9.17, 15) is 9.59 Å². The van der Waals surface area contributed by atoms with E-state index in [-0.39, 0.29) is 18.3 Å². The minimum absolute atomic E-state index is 0.255. The Balaban J connectivity index is 2.02. The molecule has 0 radical (unpaired) electrons. The van der Waals surface area contributed by atoms with Crippen molar-refractivity contribution < 1.29 is 19.0 Å². The molecule has 0 bridgehead atoms. The molecule has 1 aromatic heterocycles. The van der Waals surface area contributed by atoms with Crippen LogP contribution in [0.4, 0.5) is 0 Å². The van der Waals surface area contributed by atoms with Gasteiger partial charge in [0.25, 0.3) is 5.56 Å². The van der Waals surface area contributed by atoms with E-state index in [1.54, 1.807) is 45.0 Å². The molecule has 0 fully saturated rings. The minimum Gasteiger partial charge on any atom is -0.493 e. The predicted molar refractivity (Wildman–Crippen MR) is 129 cm³/mol. The summed E-state index contributed by atoms with van der Waals surface area (Å²) in [6.07, 6.45) is 1.20. The standard InChI is InChI=1S/C22H21Br2N3O5/c1-12(2)32-20(28)11-31-21-14(7-16(24)9-19(21)30-4)10-25-27-13(3)26-18-6-5-15(23)8-17(18)22(27)29/h5-10,12H,11H2,1-4H3. The number of halogens is 2. The average Bonchev–Trinajstić information content (AvgIpc) is 2.72. The number of aromatic nitrogens is 2. The average molecular weight is 567 g/mol. The van der Waals surface area contributed by atoms with Crippen molar-refractivity contribution >= 4 is 54.9 Å². The molecule has 1 heterocycles. The lowest BCUT2D eigenvalue weighted by Gasteiger charge is -2.14. The number of ether oxygens (including phenoxy) is 3. The van der Waals surface area contributed by atoms with Gasteiger partial charge in [0.1, 0.15) is 5.82 Å². The maximum atomic E-state index is 13.0. The molecule has 0 unspecified atom stereocenters. The molecule has 0 N–H and O–H groups in total. The zero-order valence-corrected chi connectivity index (χ0v) is 21.1. The number of carbonyl (C=O) groups excluding carboxylic acids is 1. The van der Waals surface area contributed by atoms with E-state index in [1.807, 2.05) is 6.07 Å². The Labute approximate surface area is 201 Å². The fourth-order valence-electron chi connectivity index (χ4n) is 2.93. The molecule has 168 valence electrons. The second-order valence-corrected chi connectivity index (χ2v) is 8.87. The normalized spacial score (nSPS) is 11.3. The number of fused-ring (bicyclic) bond motifs is 1. The zero-order valence-electron chi connectivity index (χ0n) is 17.9. The van der Waals surface area contributed by atoms with Crippen LogP contribution in [-0.2, 0) is 9.53 Å². The van der Waals surface area contributed by atoms with Crippen molar-refractivity contribution in [3.05, 3.63) is 61.0 Å². The highest BCUT2D eigenvalue weighted by Gasteiger charge is 2.15. The van der Waals surface area contributed by atoms with Crippen LogP contribution in [0, 0.1) is 6.92 Å². The van der Waals surface area contributed by atoms with Gasteiger partial charge in [-0.2, -0.15) is 9.78 Å². The van der Waals surface area contributed by atoms with Crippen LogP contribution < -0.4 is 15.0 Å². The monoisotopic (exact) mass is 565 g/mol.